The predicted molar refractivity (Wildman–Crippen MR) is 105 cm³/mol. The van der Waals surface area contributed by atoms with Crippen molar-refractivity contribution in [2.75, 3.05) is 10.6 Å². The Bertz CT molecular complexity index is 908. The summed E-state index contributed by atoms with van der Waals surface area (Å²) in [6, 6.07) is 13.3. The van der Waals surface area contributed by atoms with Crippen molar-refractivity contribution in [2.24, 2.45) is 0 Å². The third-order valence-electron chi connectivity index (χ3n) is 3.98. The number of nitrogens with zero attached hydrogens (tertiary/aromatic N) is 2. The van der Waals surface area contributed by atoms with E-state index in [2.05, 4.69) is 27.5 Å². The van der Waals surface area contributed by atoms with Gasteiger partial charge in [0.05, 0.1) is 5.56 Å². The van der Waals surface area contributed by atoms with Gasteiger partial charge in [-0.2, -0.15) is 0 Å². The van der Waals surface area contributed by atoms with Crippen LogP contribution < -0.4 is 10.6 Å². The van der Waals surface area contributed by atoms with E-state index in [1.54, 1.807) is 6.07 Å². The summed E-state index contributed by atoms with van der Waals surface area (Å²) < 4.78 is 0. The number of benzene rings is 2. The molecule has 5 nitrogen and oxygen atoms in total. The van der Waals surface area contributed by atoms with Crippen LogP contribution in [0.4, 0.5) is 17.3 Å². The first-order valence-corrected chi connectivity index (χ1v) is 8.68. The number of anilines is 3. The van der Waals surface area contributed by atoms with Crippen LogP contribution in [0.15, 0.2) is 54.9 Å². The predicted octanol–water partition coefficient (Wildman–Crippen LogP) is 5.00. The van der Waals surface area contributed by atoms with Gasteiger partial charge in [0.25, 0.3) is 5.91 Å². The van der Waals surface area contributed by atoms with Crippen LogP contribution in [-0.2, 0) is 6.42 Å². The lowest BCUT2D eigenvalue weighted by Gasteiger charge is -2.09. The zero-order valence-electron chi connectivity index (χ0n) is 14.6. The van der Waals surface area contributed by atoms with Crippen molar-refractivity contribution in [1.82, 2.24) is 9.97 Å². The van der Waals surface area contributed by atoms with Gasteiger partial charge in [-0.3, -0.25) is 4.79 Å². The van der Waals surface area contributed by atoms with Crippen LogP contribution in [0.25, 0.3) is 0 Å². The Kier molecular flexibility index (Phi) is 5.49. The van der Waals surface area contributed by atoms with Crippen LogP contribution in [0.2, 0.25) is 5.02 Å². The Balaban J connectivity index is 1.68. The van der Waals surface area contributed by atoms with Crippen LogP contribution >= 0.6 is 11.6 Å². The van der Waals surface area contributed by atoms with E-state index < -0.39 is 0 Å². The first-order valence-electron chi connectivity index (χ1n) is 8.30. The molecule has 1 aromatic heterocycles. The molecule has 0 aliphatic rings. The molecule has 0 fully saturated rings. The van der Waals surface area contributed by atoms with E-state index >= 15 is 0 Å². The van der Waals surface area contributed by atoms with Gasteiger partial charge in [-0.25, -0.2) is 9.97 Å². The molecule has 0 spiro atoms. The lowest BCUT2D eigenvalue weighted by molar-refractivity contribution is 0.102. The van der Waals surface area contributed by atoms with Gasteiger partial charge in [0.1, 0.15) is 0 Å². The third-order valence-corrected chi connectivity index (χ3v) is 4.22. The number of carbonyl (C=O) groups excluding carboxylic acids is 1. The second-order valence-corrected chi connectivity index (χ2v) is 6.32. The van der Waals surface area contributed by atoms with Crippen LogP contribution in [0.5, 0.6) is 0 Å². The number of hydrogen-bond acceptors (Lipinski definition) is 4. The minimum absolute atomic E-state index is 0.250. The standard InChI is InChI=1S/C20H19ClN4O/c1-3-14-5-8-17(9-6-14)24-19(26)15-11-22-20(23-12-15)25-18-10-16(21)7-4-13(18)2/h4-12H,3H2,1-2H3,(H,24,26)(H,22,23,25). The minimum atomic E-state index is -0.250. The fraction of sp³-hybridized carbons (Fsp3) is 0.150. The second kappa shape index (κ2) is 7.97. The van der Waals surface area contributed by atoms with E-state index in [0.29, 0.717) is 16.5 Å². The van der Waals surface area contributed by atoms with Crippen LogP contribution in [0.1, 0.15) is 28.4 Å². The summed E-state index contributed by atoms with van der Waals surface area (Å²) in [5.41, 5.74) is 4.20. The monoisotopic (exact) mass is 366 g/mol. The SMILES string of the molecule is CCc1ccc(NC(=O)c2cnc(Nc3cc(Cl)ccc3C)nc2)cc1. The Morgan fingerprint density at radius 3 is 2.42 bits per heavy atom. The van der Waals surface area contributed by atoms with Crippen LogP contribution in [0, 0.1) is 6.92 Å². The van der Waals surface area contributed by atoms with Crippen molar-refractivity contribution in [2.45, 2.75) is 20.3 Å². The van der Waals surface area contributed by atoms with E-state index in [-0.39, 0.29) is 5.91 Å². The summed E-state index contributed by atoms with van der Waals surface area (Å²) in [6.07, 6.45) is 3.94. The molecule has 0 saturated carbocycles. The highest BCUT2D eigenvalue weighted by molar-refractivity contribution is 6.30. The van der Waals surface area contributed by atoms with E-state index in [1.165, 1.54) is 18.0 Å². The molecule has 6 heteroatoms. The van der Waals surface area contributed by atoms with Gasteiger partial charge in [0.2, 0.25) is 5.95 Å². The maximum Gasteiger partial charge on any atom is 0.258 e. The molecule has 0 bridgehead atoms. The van der Waals surface area contributed by atoms with Crippen LogP contribution in [-0.4, -0.2) is 15.9 Å². The molecule has 0 aliphatic heterocycles. The van der Waals surface area contributed by atoms with Gasteiger partial charge in [-0.1, -0.05) is 36.7 Å². The van der Waals surface area contributed by atoms with Gasteiger partial charge < -0.3 is 10.6 Å². The van der Waals surface area contributed by atoms with Crippen molar-refractivity contribution in [1.29, 1.82) is 0 Å². The maximum atomic E-state index is 12.3. The number of rotatable bonds is 5. The van der Waals surface area contributed by atoms with Crippen molar-refractivity contribution in [3.63, 3.8) is 0 Å². The first kappa shape index (κ1) is 17.9. The Labute approximate surface area is 157 Å². The third kappa shape index (κ3) is 4.37. The maximum absolute atomic E-state index is 12.3. The number of aromatic nitrogens is 2. The smallest absolute Gasteiger partial charge is 0.258 e. The van der Waals surface area contributed by atoms with Crippen molar-refractivity contribution in [3.8, 4) is 0 Å². The largest absolute Gasteiger partial charge is 0.324 e. The van der Waals surface area contributed by atoms with Gasteiger partial charge >= 0.3 is 0 Å². The molecule has 0 radical (unpaired) electrons. The Morgan fingerprint density at radius 1 is 1.08 bits per heavy atom. The highest BCUT2D eigenvalue weighted by atomic mass is 35.5. The molecule has 2 N–H and O–H groups in total. The van der Waals surface area contributed by atoms with Gasteiger partial charge in [0, 0.05) is 28.8 Å². The second-order valence-electron chi connectivity index (χ2n) is 5.88. The van der Waals surface area contributed by atoms with Gasteiger partial charge in [-0.15, -0.1) is 0 Å². The average molecular weight is 367 g/mol. The first-order chi connectivity index (χ1) is 12.5. The summed E-state index contributed by atoms with van der Waals surface area (Å²) in [7, 11) is 0. The van der Waals surface area contributed by atoms with Gasteiger partial charge in [-0.05, 0) is 48.7 Å². The molecule has 26 heavy (non-hydrogen) atoms. The lowest BCUT2D eigenvalue weighted by Crippen LogP contribution is -2.13. The molecular formula is C20H19ClN4O. The summed E-state index contributed by atoms with van der Waals surface area (Å²) >= 11 is 6.01. The lowest BCUT2D eigenvalue weighted by atomic mass is 10.1. The number of hydrogen-bond donors (Lipinski definition) is 2. The number of nitrogens with one attached hydrogen (secondary N) is 2. The van der Waals surface area contributed by atoms with Crippen molar-refractivity contribution in [3.05, 3.63) is 76.6 Å². The van der Waals surface area contributed by atoms with E-state index in [9.17, 15) is 4.79 Å². The summed E-state index contributed by atoms with van der Waals surface area (Å²) in [4.78, 5) is 20.7. The topological polar surface area (TPSA) is 66.9 Å². The summed E-state index contributed by atoms with van der Waals surface area (Å²) in [6.45, 7) is 4.05. The number of halogens is 1. The normalized spacial score (nSPS) is 10.4. The molecular weight excluding hydrogens is 348 g/mol. The number of amides is 1. The van der Waals surface area contributed by atoms with E-state index in [1.807, 2.05) is 43.3 Å². The zero-order valence-corrected chi connectivity index (χ0v) is 15.3. The van der Waals surface area contributed by atoms with E-state index in [0.717, 1.165) is 23.4 Å². The molecule has 3 aromatic rings. The molecule has 1 amide bonds. The fourth-order valence-electron chi connectivity index (χ4n) is 2.39. The Morgan fingerprint density at radius 2 is 1.77 bits per heavy atom. The molecule has 1 heterocycles. The highest BCUT2D eigenvalue weighted by Gasteiger charge is 2.09. The summed E-state index contributed by atoms with van der Waals surface area (Å²) in [5.74, 6) is 0.152. The molecule has 2 aromatic carbocycles. The van der Waals surface area contributed by atoms with E-state index in [4.69, 9.17) is 11.6 Å². The van der Waals surface area contributed by atoms with Crippen LogP contribution in [0.3, 0.4) is 0 Å². The van der Waals surface area contributed by atoms with Crippen molar-refractivity contribution < 1.29 is 4.79 Å². The fourth-order valence-corrected chi connectivity index (χ4v) is 2.56. The average Bonchev–Trinajstić information content (AvgIpc) is 2.66. The molecule has 0 saturated heterocycles. The quantitative estimate of drug-likeness (QED) is 0.667. The zero-order chi connectivity index (χ0) is 18.5. The van der Waals surface area contributed by atoms with Gasteiger partial charge in [0.15, 0.2) is 0 Å². The molecule has 3 rings (SSSR count). The molecule has 0 aliphatic carbocycles. The van der Waals surface area contributed by atoms with Crippen molar-refractivity contribution >= 4 is 34.8 Å². The number of aryl methyl sites for hydroxylation is 2. The number of carbonyl (C=O) groups is 1. The minimum Gasteiger partial charge on any atom is -0.324 e. The highest BCUT2D eigenvalue weighted by Crippen LogP contribution is 2.22. The molecule has 132 valence electrons. The Hall–Kier alpha value is -2.92. The molecule has 0 unspecified atom stereocenters. The summed E-state index contributed by atoms with van der Waals surface area (Å²) in [5, 5.41) is 6.57. The molecule has 0 atom stereocenters.